The van der Waals surface area contributed by atoms with Crippen LogP contribution in [0.4, 0.5) is 0 Å². The molecule has 15 heavy (non-hydrogen) atoms. The number of hydrogen-bond acceptors (Lipinski definition) is 2. The fourth-order valence-electron chi connectivity index (χ4n) is 1.43. The maximum atomic E-state index is 9.79. The lowest BCUT2D eigenvalue weighted by Gasteiger charge is -2.14. The maximum Gasteiger partial charge on any atom is 0.125 e. The Morgan fingerprint density at radius 2 is 2.00 bits per heavy atom. The molecule has 0 heterocycles. The van der Waals surface area contributed by atoms with Crippen LogP contribution in [-0.4, -0.2) is 11.7 Å². The zero-order chi connectivity index (χ0) is 11.1. The molecule has 0 aliphatic heterocycles. The molecule has 0 amide bonds. The van der Waals surface area contributed by atoms with Gasteiger partial charge in [0.15, 0.2) is 0 Å². The van der Waals surface area contributed by atoms with Gasteiger partial charge in [0, 0.05) is 5.56 Å². The third-order valence-corrected chi connectivity index (χ3v) is 2.42. The summed E-state index contributed by atoms with van der Waals surface area (Å²) in [5, 5.41) is 9.79. The zero-order valence-corrected chi connectivity index (χ0v) is 9.57. The number of unbranched alkanes of at least 4 members (excludes halogenated alkanes) is 1. The van der Waals surface area contributed by atoms with Crippen molar-refractivity contribution >= 4 is 0 Å². The van der Waals surface area contributed by atoms with Crippen LogP contribution in [0.3, 0.4) is 0 Å². The van der Waals surface area contributed by atoms with Crippen LogP contribution >= 0.6 is 0 Å². The Morgan fingerprint density at radius 3 is 2.67 bits per heavy atom. The largest absolute Gasteiger partial charge is 0.493 e. The Balaban J connectivity index is 2.68. The predicted octanol–water partition coefficient (Wildman–Crippen LogP) is 3.31. The van der Waals surface area contributed by atoms with E-state index in [1.807, 2.05) is 31.2 Å². The molecular weight excluding hydrogens is 188 g/mol. The Bertz CT molecular complexity index is 284. The highest BCUT2D eigenvalue weighted by Crippen LogP contribution is 2.26. The minimum atomic E-state index is -0.414. The summed E-state index contributed by atoms with van der Waals surface area (Å²) in [6, 6.07) is 7.72. The topological polar surface area (TPSA) is 29.5 Å². The van der Waals surface area contributed by atoms with Crippen LogP contribution in [0, 0.1) is 0 Å². The molecule has 0 aliphatic carbocycles. The molecule has 0 aromatic heterocycles. The second-order valence-corrected chi connectivity index (χ2v) is 3.66. The number of hydrogen-bond donors (Lipinski definition) is 1. The lowest BCUT2D eigenvalue weighted by atomic mass is 10.1. The van der Waals surface area contributed by atoms with E-state index in [0.29, 0.717) is 6.42 Å². The van der Waals surface area contributed by atoms with Gasteiger partial charge in [0.05, 0.1) is 12.7 Å². The summed E-state index contributed by atoms with van der Waals surface area (Å²) in [7, 11) is 0. The summed E-state index contributed by atoms with van der Waals surface area (Å²) in [5.74, 6) is 0.820. The van der Waals surface area contributed by atoms with E-state index in [0.717, 1.165) is 30.8 Å². The molecule has 0 saturated heterocycles. The van der Waals surface area contributed by atoms with Gasteiger partial charge in [-0.05, 0) is 18.9 Å². The van der Waals surface area contributed by atoms with Gasteiger partial charge in [0.1, 0.15) is 5.75 Å². The van der Waals surface area contributed by atoms with Gasteiger partial charge in [-0.3, -0.25) is 0 Å². The Hall–Kier alpha value is -1.02. The van der Waals surface area contributed by atoms with E-state index in [9.17, 15) is 5.11 Å². The number of benzene rings is 1. The minimum absolute atomic E-state index is 0.414. The summed E-state index contributed by atoms with van der Waals surface area (Å²) in [4.78, 5) is 0. The molecule has 1 aromatic carbocycles. The highest BCUT2D eigenvalue weighted by molar-refractivity contribution is 5.34. The van der Waals surface area contributed by atoms with Crippen LogP contribution in [0.2, 0.25) is 0 Å². The van der Waals surface area contributed by atoms with Gasteiger partial charge >= 0.3 is 0 Å². The fourth-order valence-corrected chi connectivity index (χ4v) is 1.43. The third kappa shape index (κ3) is 3.56. The first kappa shape index (κ1) is 12.1. The maximum absolute atomic E-state index is 9.79. The van der Waals surface area contributed by atoms with Gasteiger partial charge in [0.25, 0.3) is 0 Å². The number of ether oxygens (including phenoxy) is 1. The van der Waals surface area contributed by atoms with Gasteiger partial charge in [0.2, 0.25) is 0 Å². The van der Waals surface area contributed by atoms with Crippen LogP contribution in [0.25, 0.3) is 0 Å². The number of rotatable bonds is 6. The quantitative estimate of drug-likeness (QED) is 0.727. The van der Waals surface area contributed by atoms with E-state index in [-0.39, 0.29) is 0 Å². The van der Waals surface area contributed by atoms with E-state index in [1.54, 1.807) is 0 Å². The van der Waals surface area contributed by atoms with Crippen LogP contribution < -0.4 is 4.74 Å². The van der Waals surface area contributed by atoms with Gasteiger partial charge in [-0.25, -0.2) is 0 Å². The average molecular weight is 208 g/mol. The predicted molar refractivity (Wildman–Crippen MR) is 62.1 cm³/mol. The second kappa shape index (κ2) is 6.46. The van der Waals surface area contributed by atoms with E-state index in [2.05, 4.69) is 6.92 Å². The second-order valence-electron chi connectivity index (χ2n) is 3.66. The first-order chi connectivity index (χ1) is 7.29. The molecule has 0 aliphatic rings. The molecule has 0 bridgehead atoms. The standard InChI is InChI=1S/C13H20O2/c1-3-5-10-15-13-9-7-6-8-11(13)12(14)4-2/h6-9,12,14H,3-5,10H2,1-2H3/t12-/m1/s1. The first-order valence-electron chi connectivity index (χ1n) is 5.69. The Kier molecular flexibility index (Phi) is 5.19. The molecule has 2 nitrogen and oxygen atoms in total. The first-order valence-corrected chi connectivity index (χ1v) is 5.69. The van der Waals surface area contributed by atoms with Gasteiger partial charge in [-0.15, -0.1) is 0 Å². The molecule has 1 atom stereocenters. The van der Waals surface area contributed by atoms with Crippen molar-refractivity contribution in [1.29, 1.82) is 0 Å². The Labute approximate surface area is 91.9 Å². The van der Waals surface area contributed by atoms with Crippen molar-refractivity contribution in [2.24, 2.45) is 0 Å². The molecule has 1 aromatic rings. The summed E-state index contributed by atoms with van der Waals surface area (Å²) in [5.41, 5.74) is 0.899. The summed E-state index contributed by atoms with van der Waals surface area (Å²) < 4.78 is 5.64. The molecule has 0 unspecified atom stereocenters. The number of aliphatic hydroxyl groups excluding tert-OH is 1. The van der Waals surface area contributed by atoms with Crippen molar-refractivity contribution in [1.82, 2.24) is 0 Å². The highest BCUT2D eigenvalue weighted by atomic mass is 16.5. The molecule has 1 N–H and O–H groups in total. The molecule has 84 valence electrons. The van der Waals surface area contributed by atoms with E-state index < -0.39 is 6.10 Å². The monoisotopic (exact) mass is 208 g/mol. The molecule has 0 spiro atoms. The van der Waals surface area contributed by atoms with Crippen LogP contribution in [-0.2, 0) is 0 Å². The molecule has 0 radical (unpaired) electrons. The molecule has 0 saturated carbocycles. The smallest absolute Gasteiger partial charge is 0.125 e. The van der Waals surface area contributed by atoms with E-state index >= 15 is 0 Å². The molecule has 1 rings (SSSR count). The van der Waals surface area contributed by atoms with Crippen LogP contribution in [0.15, 0.2) is 24.3 Å². The minimum Gasteiger partial charge on any atom is -0.493 e. The van der Waals surface area contributed by atoms with Crippen molar-refractivity contribution in [3.05, 3.63) is 29.8 Å². The normalized spacial score (nSPS) is 12.5. The van der Waals surface area contributed by atoms with Crippen molar-refractivity contribution in [2.75, 3.05) is 6.61 Å². The average Bonchev–Trinajstić information content (AvgIpc) is 2.29. The lowest BCUT2D eigenvalue weighted by Crippen LogP contribution is -2.03. The summed E-state index contributed by atoms with van der Waals surface area (Å²) in [6.45, 7) is 4.83. The third-order valence-electron chi connectivity index (χ3n) is 2.42. The van der Waals surface area contributed by atoms with E-state index in [4.69, 9.17) is 4.74 Å². The Morgan fingerprint density at radius 1 is 1.27 bits per heavy atom. The van der Waals surface area contributed by atoms with Crippen molar-refractivity contribution in [2.45, 2.75) is 39.2 Å². The van der Waals surface area contributed by atoms with Crippen LogP contribution in [0.1, 0.15) is 44.8 Å². The molecular formula is C13H20O2. The fraction of sp³-hybridized carbons (Fsp3) is 0.538. The summed E-state index contributed by atoms with van der Waals surface area (Å²) >= 11 is 0. The van der Waals surface area contributed by atoms with Crippen LogP contribution in [0.5, 0.6) is 5.75 Å². The van der Waals surface area contributed by atoms with Gasteiger partial charge < -0.3 is 9.84 Å². The molecule has 0 fully saturated rings. The van der Waals surface area contributed by atoms with Crippen molar-refractivity contribution < 1.29 is 9.84 Å². The zero-order valence-electron chi connectivity index (χ0n) is 9.57. The SMILES string of the molecule is CCCCOc1ccccc1[C@H](O)CC. The number of para-hydroxylation sites is 1. The lowest BCUT2D eigenvalue weighted by molar-refractivity contribution is 0.167. The van der Waals surface area contributed by atoms with E-state index in [1.165, 1.54) is 0 Å². The van der Waals surface area contributed by atoms with Gasteiger partial charge in [-0.1, -0.05) is 38.5 Å². The molecule has 2 heteroatoms. The summed E-state index contributed by atoms with van der Waals surface area (Å²) in [6.07, 6.45) is 2.48. The highest BCUT2D eigenvalue weighted by Gasteiger charge is 2.10. The van der Waals surface area contributed by atoms with Crippen molar-refractivity contribution in [3.63, 3.8) is 0 Å². The number of aliphatic hydroxyl groups is 1. The van der Waals surface area contributed by atoms with Gasteiger partial charge in [-0.2, -0.15) is 0 Å². The van der Waals surface area contributed by atoms with Crippen molar-refractivity contribution in [3.8, 4) is 5.75 Å².